The number of halogens is 1. The zero-order valence-corrected chi connectivity index (χ0v) is 18.1. The van der Waals surface area contributed by atoms with E-state index in [1.807, 2.05) is 39.0 Å². The third-order valence-electron chi connectivity index (χ3n) is 4.64. The molecule has 0 unspecified atom stereocenters. The molecule has 0 saturated carbocycles. The highest BCUT2D eigenvalue weighted by atomic mass is 19.1. The van der Waals surface area contributed by atoms with Gasteiger partial charge in [-0.05, 0) is 39.0 Å². The van der Waals surface area contributed by atoms with Crippen LogP contribution in [0.5, 0.6) is 0 Å². The van der Waals surface area contributed by atoms with E-state index in [-0.39, 0.29) is 11.4 Å². The normalized spacial score (nSPS) is 13.8. The minimum Gasteiger partial charge on any atom is -0.462 e. The number of hydrogen-bond donors (Lipinski definition) is 3. The number of benzene rings is 2. The van der Waals surface area contributed by atoms with E-state index in [9.17, 15) is 9.18 Å². The predicted molar refractivity (Wildman–Crippen MR) is 120 cm³/mol. The van der Waals surface area contributed by atoms with Gasteiger partial charge in [0.1, 0.15) is 11.4 Å². The number of piperazine rings is 1. The topological polar surface area (TPSA) is 79.6 Å². The van der Waals surface area contributed by atoms with Gasteiger partial charge in [0, 0.05) is 61.8 Å². The minimum absolute atomic E-state index is 0.187. The van der Waals surface area contributed by atoms with Crippen LogP contribution in [-0.2, 0) is 22.6 Å². The molecule has 2 aromatic rings. The predicted octanol–water partition coefficient (Wildman–Crippen LogP) is 3.26. The van der Waals surface area contributed by atoms with Gasteiger partial charge in [-0.15, -0.1) is 0 Å². The smallest absolute Gasteiger partial charge is 0.293 e. The van der Waals surface area contributed by atoms with Gasteiger partial charge >= 0.3 is 0 Å². The summed E-state index contributed by atoms with van der Waals surface area (Å²) in [6, 6.07) is 13.0. The Hall–Kier alpha value is -2.64. The molecule has 1 heterocycles. The summed E-state index contributed by atoms with van der Waals surface area (Å²) in [7, 11) is 0. The van der Waals surface area contributed by atoms with Crippen LogP contribution < -0.4 is 21.3 Å². The summed E-state index contributed by atoms with van der Waals surface area (Å²) in [5.41, 5.74) is 9.58. The summed E-state index contributed by atoms with van der Waals surface area (Å²) in [5, 5.41) is 6.70. The molecule has 0 spiro atoms. The van der Waals surface area contributed by atoms with E-state index in [0.29, 0.717) is 25.1 Å². The number of ether oxygens (including phenoxy) is 1. The molecule has 1 aliphatic rings. The van der Waals surface area contributed by atoms with Crippen molar-refractivity contribution in [1.82, 2.24) is 5.32 Å². The average Bonchev–Trinajstić information content (AvgIpc) is 2.73. The standard InChI is InChI=1S/C18H23FN4.C5H10O2/c19-16-5-2-1-4-14(16)13-22-17-6-3-7-18(15(17)12-20)23-10-8-21-9-11-23;1-5(2,3)7-4-6/h1-7,21-22H,8-13,20H2;4H,1-3H3. The summed E-state index contributed by atoms with van der Waals surface area (Å²) >= 11 is 0. The number of nitrogens with one attached hydrogen (secondary N) is 2. The maximum Gasteiger partial charge on any atom is 0.293 e. The zero-order valence-electron chi connectivity index (χ0n) is 18.1. The highest BCUT2D eigenvalue weighted by Crippen LogP contribution is 2.28. The highest BCUT2D eigenvalue weighted by Gasteiger charge is 2.16. The maximum atomic E-state index is 13.8. The van der Waals surface area contributed by atoms with E-state index in [1.165, 1.54) is 11.8 Å². The lowest BCUT2D eigenvalue weighted by Crippen LogP contribution is -2.44. The fraction of sp³-hybridized carbons (Fsp3) is 0.435. The quantitative estimate of drug-likeness (QED) is 0.628. The number of carbonyl (C=O) groups is 1. The molecule has 1 aliphatic heterocycles. The van der Waals surface area contributed by atoms with Crippen molar-refractivity contribution in [2.24, 2.45) is 5.73 Å². The minimum atomic E-state index is -0.318. The number of hydrogen-bond acceptors (Lipinski definition) is 6. The number of anilines is 2. The van der Waals surface area contributed by atoms with Gasteiger partial charge in [0.15, 0.2) is 0 Å². The van der Waals surface area contributed by atoms with E-state index in [4.69, 9.17) is 5.73 Å². The van der Waals surface area contributed by atoms with Crippen LogP contribution in [-0.4, -0.2) is 38.3 Å². The van der Waals surface area contributed by atoms with Gasteiger partial charge < -0.3 is 26.0 Å². The van der Waals surface area contributed by atoms with Gasteiger partial charge in [-0.25, -0.2) is 4.39 Å². The largest absolute Gasteiger partial charge is 0.462 e. The monoisotopic (exact) mass is 416 g/mol. The van der Waals surface area contributed by atoms with E-state index < -0.39 is 0 Å². The van der Waals surface area contributed by atoms with Crippen LogP contribution in [0.3, 0.4) is 0 Å². The molecule has 30 heavy (non-hydrogen) atoms. The molecule has 164 valence electrons. The van der Waals surface area contributed by atoms with E-state index in [2.05, 4.69) is 26.3 Å². The fourth-order valence-corrected chi connectivity index (χ4v) is 3.13. The van der Waals surface area contributed by atoms with E-state index in [0.717, 1.165) is 37.4 Å². The van der Waals surface area contributed by atoms with Crippen LogP contribution >= 0.6 is 0 Å². The van der Waals surface area contributed by atoms with Crippen molar-refractivity contribution >= 4 is 17.8 Å². The van der Waals surface area contributed by atoms with Gasteiger partial charge in [0.2, 0.25) is 0 Å². The first kappa shape index (κ1) is 23.6. The van der Waals surface area contributed by atoms with Crippen molar-refractivity contribution < 1.29 is 13.9 Å². The summed E-state index contributed by atoms with van der Waals surface area (Å²) in [5.74, 6) is -0.187. The van der Waals surface area contributed by atoms with E-state index >= 15 is 0 Å². The molecule has 0 aliphatic carbocycles. The van der Waals surface area contributed by atoms with Crippen LogP contribution in [0, 0.1) is 5.82 Å². The molecule has 0 atom stereocenters. The summed E-state index contributed by atoms with van der Waals surface area (Å²) in [4.78, 5) is 12.0. The highest BCUT2D eigenvalue weighted by molar-refractivity contribution is 5.67. The molecule has 3 rings (SSSR count). The molecule has 0 bridgehead atoms. The SMILES string of the molecule is CC(C)(C)OC=O.NCc1c(NCc2ccccc2F)cccc1N1CCNCC1. The van der Waals surface area contributed by atoms with Crippen LogP contribution in [0.2, 0.25) is 0 Å². The second-order valence-corrected chi connectivity index (χ2v) is 8.02. The molecule has 0 amide bonds. The van der Waals surface area contributed by atoms with Crippen molar-refractivity contribution in [2.45, 2.75) is 39.5 Å². The molecular weight excluding hydrogens is 383 g/mol. The van der Waals surface area contributed by atoms with Crippen LogP contribution in [0.15, 0.2) is 42.5 Å². The van der Waals surface area contributed by atoms with Crippen molar-refractivity contribution in [3.05, 3.63) is 59.4 Å². The molecule has 1 saturated heterocycles. The first-order valence-corrected chi connectivity index (χ1v) is 10.2. The van der Waals surface area contributed by atoms with Crippen LogP contribution in [0.1, 0.15) is 31.9 Å². The first-order chi connectivity index (χ1) is 14.4. The summed E-state index contributed by atoms with van der Waals surface area (Å²) in [6.45, 7) is 10.7. The van der Waals surface area contributed by atoms with E-state index in [1.54, 1.807) is 12.1 Å². The third kappa shape index (κ3) is 7.31. The zero-order chi connectivity index (χ0) is 22.0. The average molecular weight is 417 g/mol. The molecular formula is C23H33FN4O2. The van der Waals surface area contributed by atoms with Crippen molar-refractivity contribution in [3.8, 4) is 0 Å². The lowest BCUT2D eigenvalue weighted by Gasteiger charge is -2.32. The van der Waals surface area contributed by atoms with Crippen molar-refractivity contribution in [3.63, 3.8) is 0 Å². The molecule has 2 aromatic carbocycles. The second-order valence-electron chi connectivity index (χ2n) is 8.02. The van der Waals surface area contributed by atoms with Gasteiger partial charge in [-0.1, -0.05) is 24.3 Å². The molecule has 6 nitrogen and oxygen atoms in total. The number of nitrogens with zero attached hydrogens (tertiary/aromatic N) is 1. The fourth-order valence-electron chi connectivity index (χ4n) is 3.13. The Balaban J connectivity index is 0.000000396. The van der Waals surface area contributed by atoms with Gasteiger partial charge in [0.05, 0.1) is 0 Å². The van der Waals surface area contributed by atoms with Crippen molar-refractivity contribution in [2.75, 3.05) is 36.4 Å². The van der Waals surface area contributed by atoms with Crippen molar-refractivity contribution in [1.29, 1.82) is 0 Å². The maximum absolute atomic E-state index is 13.8. The Labute approximate surface area is 178 Å². The van der Waals surface area contributed by atoms with Crippen LogP contribution in [0.25, 0.3) is 0 Å². The van der Waals surface area contributed by atoms with Crippen LogP contribution in [0.4, 0.5) is 15.8 Å². The molecule has 0 aromatic heterocycles. The Morgan fingerprint density at radius 2 is 1.87 bits per heavy atom. The number of rotatable bonds is 6. The Kier molecular flexibility index (Phi) is 9.08. The van der Waals surface area contributed by atoms with Gasteiger partial charge in [-0.3, -0.25) is 4.79 Å². The summed E-state index contributed by atoms with van der Waals surface area (Å²) < 4.78 is 18.3. The lowest BCUT2D eigenvalue weighted by molar-refractivity contribution is -0.138. The molecule has 4 N–H and O–H groups in total. The number of carbonyl (C=O) groups excluding carboxylic acids is 1. The Morgan fingerprint density at radius 3 is 2.43 bits per heavy atom. The molecule has 0 radical (unpaired) electrons. The summed E-state index contributed by atoms with van der Waals surface area (Å²) in [6.07, 6.45) is 0. The molecule has 1 fully saturated rings. The van der Waals surface area contributed by atoms with Gasteiger partial charge in [0.25, 0.3) is 6.47 Å². The third-order valence-corrected chi connectivity index (χ3v) is 4.64. The second kappa shape index (κ2) is 11.5. The van der Waals surface area contributed by atoms with Gasteiger partial charge in [-0.2, -0.15) is 0 Å². The number of nitrogens with two attached hydrogens (primary N) is 1. The molecule has 7 heteroatoms. The Bertz CT molecular complexity index is 802. The first-order valence-electron chi connectivity index (χ1n) is 10.2. The lowest BCUT2D eigenvalue weighted by atomic mass is 10.1. The Morgan fingerprint density at radius 1 is 1.17 bits per heavy atom.